The number of amides is 3. The summed E-state index contributed by atoms with van der Waals surface area (Å²) in [6, 6.07) is 9.77. The Kier molecular flexibility index (Phi) is 8.38. The Morgan fingerprint density at radius 2 is 2.00 bits per heavy atom. The number of urea groups is 1. The summed E-state index contributed by atoms with van der Waals surface area (Å²) in [7, 11) is 1.21. The molecule has 3 amide bonds. The number of carbonyl (C=O) groups is 3. The van der Waals surface area contributed by atoms with Gasteiger partial charge in [0, 0.05) is 4.47 Å². The molecule has 1 saturated heterocycles. The van der Waals surface area contributed by atoms with Crippen LogP contribution in [0.2, 0.25) is 5.02 Å². The highest BCUT2D eigenvalue weighted by molar-refractivity contribution is 9.10. The lowest BCUT2D eigenvalue weighted by Gasteiger charge is -2.16. The zero-order valence-electron chi connectivity index (χ0n) is 20.2. The molecule has 0 saturated carbocycles. The summed E-state index contributed by atoms with van der Waals surface area (Å²) < 4.78 is 35.4. The van der Waals surface area contributed by atoms with Crippen LogP contribution in [-0.4, -0.2) is 36.5 Å². The van der Waals surface area contributed by atoms with Crippen LogP contribution in [0.5, 0.6) is 11.5 Å². The smallest absolute Gasteiger partial charge is 0.373 e. The average molecular weight is 608 g/mol. The fraction of sp³-hybridized carbons (Fsp3) is 0.192. The van der Waals surface area contributed by atoms with Crippen LogP contribution in [0.1, 0.15) is 34.4 Å². The lowest BCUT2D eigenvalue weighted by molar-refractivity contribution is -0.123. The Labute approximate surface area is 230 Å². The third kappa shape index (κ3) is 5.84. The SMILES string of the molecule is CCOc1cc(/C=C2\NC(=O)N(Cc3ccc(C(=O)OC)o3)C2=O)c(Br)c(Cl)c1OCc1cccc(F)c1. The second-order valence-electron chi connectivity index (χ2n) is 7.91. The number of nitrogens with zero attached hydrogens (tertiary/aromatic N) is 1. The van der Waals surface area contributed by atoms with Gasteiger partial charge in [-0.1, -0.05) is 23.7 Å². The van der Waals surface area contributed by atoms with Gasteiger partial charge >= 0.3 is 12.0 Å². The van der Waals surface area contributed by atoms with E-state index in [1.54, 1.807) is 25.1 Å². The molecule has 198 valence electrons. The first-order chi connectivity index (χ1) is 18.2. The monoisotopic (exact) mass is 606 g/mol. The van der Waals surface area contributed by atoms with Crippen LogP contribution in [0.4, 0.5) is 9.18 Å². The quantitative estimate of drug-likeness (QED) is 0.189. The normalized spacial score (nSPS) is 14.1. The minimum absolute atomic E-state index is 0.0117. The van der Waals surface area contributed by atoms with E-state index in [-0.39, 0.29) is 41.1 Å². The number of halogens is 3. The fourth-order valence-corrected chi connectivity index (χ4v) is 4.25. The van der Waals surface area contributed by atoms with Crippen molar-refractivity contribution in [2.75, 3.05) is 13.7 Å². The molecule has 2 aromatic carbocycles. The maximum absolute atomic E-state index is 13.5. The van der Waals surface area contributed by atoms with Crippen LogP contribution >= 0.6 is 27.5 Å². The van der Waals surface area contributed by atoms with Gasteiger partial charge in [-0.25, -0.2) is 14.0 Å². The summed E-state index contributed by atoms with van der Waals surface area (Å²) in [5.74, 6) is -0.982. The Hall–Kier alpha value is -3.83. The van der Waals surface area contributed by atoms with Crippen molar-refractivity contribution in [2.24, 2.45) is 0 Å². The molecule has 38 heavy (non-hydrogen) atoms. The number of hydrogen-bond acceptors (Lipinski definition) is 7. The molecular formula is C26H21BrClFN2O7. The molecule has 12 heteroatoms. The van der Waals surface area contributed by atoms with E-state index in [0.29, 0.717) is 28.0 Å². The van der Waals surface area contributed by atoms with Gasteiger partial charge in [-0.05, 0) is 70.4 Å². The summed E-state index contributed by atoms with van der Waals surface area (Å²) in [4.78, 5) is 38.0. The zero-order chi connectivity index (χ0) is 27.4. The Morgan fingerprint density at radius 1 is 1.21 bits per heavy atom. The van der Waals surface area contributed by atoms with Crippen molar-refractivity contribution in [1.82, 2.24) is 10.2 Å². The maximum atomic E-state index is 13.5. The number of rotatable bonds is 9. The maximum Gasteiger partial charge on any atom is 0.373 e. The molecule has 9 nitrogen and oxygen atoms in total. The van der Waals surface area contributed by atoms with Gasteiger partial charge in [0.05, 0.1) is 20.3 Å². The van der Waals surface area contributed by atoms with E-state index < -0.39 is 23.7 Å². The van der Waals surface area contributed by atoms with Gasteiger partial charge in [-0.2, -0.15) is 0 Å². The number of ether oxygens (including phenoxy) is 3. The van der Waals surface area contributed by atoms with Gasteiger partial charge in [0.15, 0.2) is 11.5 Å². The number of hydrogen-bond donors (Lipinski definition) is 1. The van der Waals surface area contributed by atoms with E-state index in [4.69, 9.17) is 25.5 Å². The van der Waals surface area contributed by atoms with Crippen molar-refractivity contribution in [3.63, 3.8) is 0 Å². The summed E-state index contributed by atoms with van der Waals surface area (Å²) in [5.41, 5.74) is 1.02. The van der Waals surface area contributed by atoms with Crippen LogP contribution in [0.25, 0.3) is 6.08 Å². The highest BCUT2D eigenvalue weighted by Crippen LogP contribution is 2.44. The predicted octanol–water partition coefficient (Wildman–Crippen LogP) is 5.69. The van der Waals surface area contributed by atoms with Crippen molar-refractivity contribution in [3.05, 3.63) is 86.1 Å². The number of esters is 1. The number of carbonyl (C=O) groups excluding carboxylic acids is 3. The van der Waals surface area contributed by atoms with Crippen molar-refractivity contribution in [1.29, 1.82) is 0 Å². The standard InChI is InChI=1S/C26H21BrClFN2O7/c1-3-36-20-11-15(21(27)22(28)23(20)37-13-14-5-4-6-16(29)9-14)10-18-24(32)31(26(34)30-18)12-17-7-8-19(38-17)25(33)35-2/h4-11H,3,12-13H2,1-2H3,(H,30,34)/b18-10-. The predicted molar refractivity (Wildman–Crippen MR) is 138 cm³/mol. The number of methoxy groups -OCH3 is 1. The molecule has 1 N–H and O–H groups in total. The van der Waals surface area contributed by atoms with Gasteiger partial charge in [0.1, 0.15) is 28.9 Å². The van der Waals surface area contributed by atoms with Gasteiger partial charge in [-0.3, -0.25) is 9.69 Å². The lowest BCUT2D eigenvalue weighted by atomic mass is 10.1. The molecule has 1 fully saturated rings. The number of furan rings is 1. The molecule has 0 unspecified atom stereocenters. The second-order valence-corrected chi connectivity index (χ2v) is 9.08. The first kappa shape index (κ1) is 27.2. The van der Waals surface area contributed by atoms with E-state index in [0.717, 1.165) is 4.90 Å². The van der Waals surface area contributed by atoms with Crippen molar-refractivity contribution in [3.8, 4) is 11.5 Å². The van der Waals surface area contributed by atoms with E-state index in [1.807, 2.05) is 0 Å². The van der Waals surface area contributed by atoms with Gasteiger partial charge in [0.2, 0.25) is 5.76 Å². The van der Waals surface area contributed by atoms with E-state index in [9.17, 15) is 18.8 Å². The summed E-state index contributed by atoms with van der Waals surface area (Å²) in [5, 5.41) is 2.69. The minimum Gasteiger partial charge on any atom is -0.490 e. The molecule has 0 atom stereocenters. The Balaban J connectivity index is 1.58. The Bertz CT molecular complexity index is 1440. The van der Waals surface area contributed by atoms with Crippen LogP contribution in [0.15, 0.2) is 57.1 Å². The second kappa shape index (κ2) is 11.7. The molecule has 1 aromatic heterocycles. The van der Waals surface area contributed by atoms with E-state index in [1.165, 1.54) is 37.5 Å². The lowest BCUT2D eigenvalue weighted by Crippen LogP contribution is -2.30. The van der Waals surface area contributed by atoms with Crippen LogP contribution in [0, 0.1) is 5.82 Å². The van der Waals surface area contributed by atoms with Crippen LogP contribution < -0.4 is 14.8 Å². The molecule has 4 rings (SSSR count). The molecular weight excluding hydrogens is 587 g/mol. The summed E-state index contributed by atoms with van der Waals surface area (Å²) in [6.45, 7) is 1.92. The minimum atomic E-state index is -0.677. The van der Waals surface area contributed by atoms with Crippen molar-refractivity contribution in [2.45, 2.75) is 20.1 Å². The van der Waals surface area contributed by atoms with Crippen molar-refractivity contribution >= 4 is 51.5 Å². The largest absolute Gasteiger partial charge is 0.490 e. The Morgan fingerprint density at radius 3 is 2.71 bits per heavy atom. The third-order valence-electron chi connectivity index (χ3n) is 5.35. The first-order valence-corrected chi connectivity index (χ1v) is 12.4. The van der Waals surface area contributed by atoms with Crippen LogP contribution in [-0.2, 0) is 22.7 Å². The van der Waals surface area contributed by atoms with Gasteiger partial charge in [-0.15, -0.1) is 0 Å². The topological polar surface area (TPSA) is 107 Å². The molecule has 2 heterocycles. The zero-order valence-corrected chi connectivity index (χ0v) is 22.5. The summed E-state index contributed by atoms with van der Waals surface area (Å²) in [6.07, 6.45) is 1.44. The summed E-state index contributed by atoms with van der Waals surface area (Å²) >= 11 is 10.00. The highest BCUT2D eigenvalue weighted by atomic mass is 79.9. The number of imide groups is 1. The fourth-order valence-electron chi connectivity index (χ4n) is 3.59. The van der Waals surface area contributed by atoms with E-state index >= 15 is 0 Å². The van der Waals surface area contributed by atoms with Gasteiger partial charge in [0.25, 0.3) is 5.91 Å². The third-order valence-corrected chi connectivity index (χ3v) is 6.80. The van der Waals surface area contributed by atoms with Crippen molar-refractivity contribution < 1.29 is 37.4 Å². The molecule has 1 aliphatic heterocycles. The number of nitrogens with one attached hydrogen (secondary N) is 1. The number of benzene rings is 2. The first-order valence-electron chi connectivity index (χ1n) is 11.2. The molecule has 0 bridgehead atoms. The van der Waals surface area contributed by atoms with E-state index in [2.05, 4.69) is 26.0 Å². The van der Waals surface area contributed by atoms with Gasteiger partial charge < -0.3 is 23.9 Å². The molecule has 1 aliphatic rings. The molecule has 0 aliphatic carbocycles. The molecule has 0 spiro atoms. The highest BCUT2D eigenvalue weighted by Gasteiger charge is 2.35. The average Bonchev–Trinajstić information content (AvgIpc) is 3.47. The molecule has 0 radical (unpaired) electrons. The molecule has 3 aromatic rings. The van der Waals surface area contributed by atoms with Crippen LogP contribution in [0.3, 0.4) is 0 Å².